The van der Waals surface area contributed by atoms with E-state index in [1.54, 1.807) is 7.11 Å². The molecule has 0 bridgehead atoms. The Morgan fingerprint density at radius 3 is 2.69 bits per heavy atom. The molecular weight excluding hydrogens is 268 g/mol. The number of halogens is 1. The van der Waals surface area contributed by atoms with E-state index in [2.05, 4.69) is 47.5 Å². The first-order valence-corrected chi connectivity index (χ1v) is 6.36. The molecule has 0 aliphatic heterocycles. The highest BCUT2D eigenvalue weighted by atomic mass is 79.9. The van der Waals surface area contributed by atoms with Crippen LogP contribution in [0.3, 0.4) is 0 Å². The van der Waals surface area contributed by atoms with E-state index in [1.807, 2.05) is 6.07 Å². The molecule has 0 aliphatic rings. The third-order valence-electron chi connectivity index (χ3n) is 2.44. The van der Waals surface area contributed by atoms with Crippen molar-refractivity contribution in [2.24, 2.45) is 0 Å². The molecule has 0 amide bonds. The van der Waals surface area contributed by atoms with Gasteiger partial charge in [0.1, 0.15) is 25.4 Å². The standard InChI is InChI=1S/C12H19BrN2O/c1-15(2)7-6-14-9-10-4-5-12(16-3)11(13)8-10/h4-5,8,14H,6-7,9H2,1-3H3/p+2. The molecule has 90 valence electrons. The molecule has 1 aromatic rings. The number of quaternary nitrogens is 2. The molecule has 0 heterocycles. The molecule has 4 heteroatoms. The Hall–Kier alpha value is -0.580. The van der Waals surface area contributed by atoms with E-state index in [1.165, 1.54) is 17.0 Å². The first-order chi connectivity index (χ1) is 7.63. The smallest absolute Gasteiger partial charge is 0.133 e. The van der Waals surface area contributed by atoms with E-state index in [0.29, 0.717) is 0 Å². The van der Waals surface area contributed by atoms with Crippen molar-refractivity contribution < 1.29 is 15.0 Å². The second kappa shape index (κ2) is 6.89. The van der Waals surface area contributed by atoms with Crippen LogP contribution < -0.4 is 15.0 Å². The van der Waals surface area contributed by atoms with Gasteiger partial charge in [-0.2, -0.15) is 0 Å². The van der Waals surface area contributed by atoms with E-state index in [0.717, 1.165) is 23.3 Å². The number of nitrogens with one attached hydrogen (secondary N) is 1. The van der Waals surface area contributed by atoms with E-state index in [-0.39, 0.29) is 0 Å². The van der Waals surface area contributed by atoms with Crippen LogP contribution >= 0.6 is 15.9 Å². The van der Waals surface area contributed by atoms with Gasteiger partial charge in [0.05, 0.1) is 25.7 Å². The summed E-state index contributed by atoms with van der Waals surface area (Å²) in [5.41, 5.74) is 1.32. The molecule has 0 saturated carbocycles. The predicted molar refractivity (Wildman–Crippen MR) is 68.9 cm³/mol. The van der Waals surface area contributed by atoms with Crippen molar-refractivity contribution in [2.75, 3.05) is 34.3 Å². The maximum atomic E-state index is 5.20. The van der Waals surface area contributed by atoms with Crippen molar-refractivity contribution in [2.45, 2.75) is 6.54 Å². The minimum atomic E-state index is 0.890. The zero-order chi connectivity index (χ0) is 12.0. The van der Waals surface area contributed by atoms with Gasteiger partial charge in [0.2, 0.25) is 0 Å². The molecule has 0 fully saturated rings. The summed E-state index contributed by atoms with van der Waals surface area (Å²) in [6.07, 6.45) is 0. The highest BCUT2D eigenvalue weighted by Gasteiger charge is 2.03. The van der Waals surface area contributed by atoms with Crippen LogP contribution in [0.15, 0.2) is 22.7 Å². The Bertz CT molecular complexity index is 329. The minimum Gasteiger partial charge on any atom is -0.496 e. The van der Waals surface area contributed by atoms with Crippen molar-refractivity contribution in [1.29, 1.82) is 0 Å². The van der Waals surface area contributed by atoms with Gasteiger partial charge in [-0.3, -0.25) is 0 Å². The van der Waals surface area contributed by atoms with Crippen LogP contribution in [0.4, 0.5) is 0 Å². The summed E-state index contributed by atoms with van der Waals surface area (Å²) in [5.74, 6) is 0.890. The zero-order valence-electron chi connectivity index (χ0n) is 10.2. The highest BCUT2D eigenvalue weighted by molar-refractivity contribution is 9.10. The van der Waals surface area contributed by atoms with Crippen molar-refractivity contribution in [3.8, 4) is 5.75 Å². The molecular formula is C12H21BrN2O+2. The number of nitrogens with two attached hydrogens (primary N) is 1. The Morgan fingerprint density at radius 1 is 1.38 bits per heavy atom. The van der Waals surface area contributed by atoms with Crippen molar-refractivity contribution in [3.05, 3.63) is 28.2 Å². The maximum absolute atomic E-state index is 5.20. The SMILES string of the molecule is COc1ccc(C[NH2+]CC[NH+](C)C)cc1Br. The van der Waals surface area contributed by atoms with Crippen LogP contribution in [0.1, 0.15) is 5.56 Å². The van der Waals surface area contributed by atoms with Gasteiger partial charge in [-0.1, -0.05) is 0 Å². The van der Waals surface area contributed by atoms with Crippen LogP contribution in [0, 0.1) is 0 Å². The predicted octanol–water partition coefficient (Wildman–Crippen LogP) is -0.334. The van der Waals surface area contributed by atoms with Gasteiger partial charge >= 0.3 is 0 Å². The van der Waals surface area contributed by atoms with Gasteiger partial charge < -0.3 is 15.0 Å². The van der Waals surface area contributed by atoms with Crippen LogP contribution in [0.5, 0.6) is 5.75 Å². The molecule has 0 aliphatic carbocycles. The van der Waals surface area contributed by atoms with Gasteiger partial charge in [0, 0.05) is 5.56 Å². The molecule has 1 aromatic carbocycles. The number of ether oxygens (including phenoxy) is 1. The molecule has 0 atom stereocenters. The summed E-state index contributed by atoms with van der Waals surface area (Å²) in [7, 11) is 6.04. The van der Waals surface area contributed by atoms with E-state index in [9.17, 15) is 0 Å². The summed E-state index contributed by atoms with van der Waals surface area (Å²) in [4.78, 5) is 1.49. The fourth-order valence-corrected chi connectivity index (χ4v) is 2.08. The summed E-state index contributed by atoms with van der Waals surface area (Å²) in [6, 6.07) is 6.24. The molecule has 3 N–H and O–H groups in total. The number of hydrogen-bond acceptors (Lipinski definition) is 1. The second-order valence-electron chi connectivity index (χ2n) is 4.21. The van der Waals surface area contributed by atoms with Crippen molar-refractivity contribution >= 4 is 15.9 Å². The summed E-state index contributed by atoms with van der Waals surface area (Å²) in [5, 5.41) is 2.33. The number of rotatable bonds is 6. The van der Waals surface area contributed by atoms with Crippen LogP contribution in [0.25, 0.3) is 0 Å². The average Bonchev–Trinajstić information content (AvgIpc) is 2.24. The van der Waals surface area contributed by atoms with Gasteiger partial charge in [-0.05, 0) is 34.1 Å². The minimum absolute atomic E-state index is 0.890. The monoisotopic (exact) mass is 288 g/mol. The molecule has 0 aromatic heterocycles. The average molecular weight is 289 g/mol. The number of methoxy groups -OCH3 is 1. The molecule has 0 saturated heterocycles. The van der Waals surface area contributed by atoms with E-state index in [4.69, 9.17) is 4.74 Å². The number of hydrogen-bond donors (Lipinski definition) is 2. The molecule has 0 radical (unpaired) electrons. The van der Waals surface area contributed by atoms with Crippen molar-refractivity contribution in [1.82, 2.24) is 0 Å². The van der Waals surface area contributed by atoms with Crippen LogP contribution in [-0.4, -0.2) is 34.3 Å². The maximum Gasteiger partial charge on any atom is 0.133 e. The van der Waals surface area contributed by atoms with Crippen LogP contribution in [0.2, 0.25) is 0 Å². The lowest BCUT2D eigenvalue weighted by Crippen LogP contribution is -3.09. The molecule has 3 nitrogen and oxygen atoms in total. The fourth-order valence-electron chi connectivity index (χ4n) is 1.50. The fraction of sp³-hybridized carbons (Fsp3) is 0.500. The van der Waals surface area contributed by atoms with Crippen molar-refractivity contribution in [3.63, 3.8) is 0 Å². The second-order valence-corrected chi connectivity index (χ2v) is 5.06. The zero-order valence-corrected chi connectivity index (χ0v) is 11.8. The number of benzene rings is 1. The molecule has 0 unspecified atom stereocenters. The first-order valence-electron chi connectivity index (χ1n) is 5.56. The lowest BCUT2D eigenvalue weighted by molar-refractivity contribution is -0.875. The van der Waals surface area contributed by atoms with Crippen LogP contribution in [-0.2, 0) is 6.54 Å². The summed E-state index contributed by atoms with van der Waals surface area (Å²) < 4.78 is 6.22. The molecule has 0 spiro atoms. The normalized spacial score (nSPS) is 10.8. The van der Waals surface area contributed by atoms with Gasteiger partial charge in [0.15, 0.2) is 0 Å². The first kappa shape index (κ1) is 13.5. The molecule has 16 heavy (non-hydrogen) atoms. The topological polar surface area (TPSA) is 30.3 Å². The van der Waals surface area contributed by atoms with Gasteiger partial charge in [-0.25, -0.2) is 0 Å². The third-order valence-corrected chi connectivity index (χ3v) is 3.06. The van der Waals surface area contributed by atoms with Gasteiger partial charge in [-0.15, -0.1) is 0 Å². The lowest BCUT2D eigenvalue weighted by atomic mass is 10.2. The Morgan fingerprint density at radius 2 is 2.12 bits per heavy atom. The summed E-state index contributed by atoms with van der Waals surface area (Å²) >= 11 is 3.50. The molecule has 1 rings (SSSR count). The Labute approximate surface area is 106 Å². The Balaban J connectivity index is 2.40. The highest BCUT2D eigenvalue weighted by Crippen LogP contribution is 2.24. The van der Waals surface area contributed by atoms with Gasteiger partial charge in [0.25, 0.3) is 0 Å². The largest absolute Gasteiger partial charge is 0.496 e. The van der Waals surface area contributed by atoms with E-state index >= 15 is 0 Å². The quantitative estimate of drug-likeness (QED) is 0.690. The Kier molecular flexibility index (Phi) is 5.80. The lowest BCUT2D eigenvalue weighted by Gasteiger charge is -2.07. The number of likely N-dealkylation sites (N-methyl/N-ethyl adjacent to an activating group) is 1. The third kappa shape index (κ3) is 4.51. The van der Waals surface area contributed by atoms with E-state index < -0.39 is 0 Å². The summed E-state index contributed by atoms with van der Waals surface area (Å²) in [6.45, 7) is 3.37.